The molecule has 0 unspecified atom stereocenters. The number of benzene rings is 2. The molecule has 0 saturated carbocycles. The Balaban J connectivity index is 1.49. The largest absolute Gasteiger partial charge is 0.497 e. The number of methoxy groups -OCH3 is 2. The van der Waals surface area contributed by atoms with Crippen LogP contribution in [0.1, 0.15) is 16.1 Å². The first-order chi connectivity index (χ1) is 13.6. The topological polar surface area (TPSA) is 55.2 Å². The molecule has 1 aromatic heterocycles. The van der Waals surface area contributed by atoms with Crippen molar-refractivity contribution in [2.45, 2.75) is 6.92 Å². The van der Waals surface area contributed by atoms with Crippen LogP contribution in [0.3, 0.4) is 0 Å². The summed E-state index contributed by atoms with van der Waals surface area (Å²) in [7, 11) is 3.30. The highest BCUT2D eigenvalue weighted by atomic mass is 16.5. The maximum absolute atomic E-state index is 13.1. The highest BCUT2D eigenvalue weighted by Crippen LogP contribution is 2.30. The molecule has 1 aliphatic rings. The summed E-state index contributed by atoms with van der Waals surface area (Å²) in [5.74, 6) is 1.95. The van der Waals surface area contributed by atoms with Gasteiger partial charge in [-0.3, -0.25) is 4.79 Å². The maximum Gasteiger partial charge on any atom is 0.290 e. The van der Waals surface area contributed by atoms with Crippen LogP contribution in [0.25, 0.3) is 11.0 Å². The molecule has 4 rings (SSSR count). The summed E-state index contributed by atoms with van der Waals surface area (Å²) in [4.78, 5) is 17.2. The second kappa shape index (κ2) is 7.46. The SMILES string of the molecule is COc1cccc(N2CCN(C(=O)c3oc4ccc(OC)cc4c3C)CC2)c1. The van der Waals surface area contributed by atoms with Gasteiger partial charge in [-0.2, -0.15) is 0 Å². The molecule has 3 aromatic rings. The Morgan fingerprint density at radius 2 is 1.68 bits per heavy atom. The molecule has 1 fully saturated rings. The van der Waals surface area contributed by atoms with Crippen molar-refractivity contribution in [3.63, 3.8) is 0 Å². The molecule has 28 heavy (non-hydrogen) atoms. The zero-order valence-corrected chi connectivity index (χ0v) is 16.4. The van der Waals surface area contributed by atoms with E-state index < -0.39 is 0 Å². The quantitative estimate of drug-likeness (QED) is 0.690. The zero-order chi connectivity index (χ0) is 19.7. The minimum atomic E-state index is -0.0574. The molecule has 1 amide bonds. The van der Waals surface area contributed by atoms with Gasteiger partial charge in [-0.05, 0) is 37.3 Å². The highest BCUT2D eigenvalue weighted by molar-refractivity contribution is 5.99. The first kappa shape index (κ1) is 18.2. The van der Waals surface area contributed by atoms with Gasteiger partial charge >= 0.3 is 0 Å². The zero-order valence-electron chi connectivity index (χ0n) is 16.4. The van der Waals surface area contributed by atoms with Crippen LogP contribution in [0.15, 0.2) is 46.9 Å². The lowest BCUT2D eigenvalue weighted by Gasteiger charge is -2.35. The van der Waals surface area contributed by atoms with Crippen molar-refractivity contribution in [1.29, 1.82) is 0 Å². The third-order valence-electron chi connectivity index (χ3n) is 5.32. The number of carbonyl (C=O) groups is 1. The average molecular weight is 380 g/mol. The third kappa shape index (κ3) is 3.26. The Bertz CT molecular complexity index is 1000. The highest BCUT2D eigenvalue weighted by Gasteiger charge is 2.27. The normalized spacial score (nSPS) is 14.4. The Labute approximate surface area is 164 Å². The molecule has 1 saturated heterocycles. The summed E-state index contributed by atoms with van der Waals surface area (Å²) in [6.07, 6.45) is 0. The number of carbonyl (C=O) groups excluding carboxylic acids is 1. The van der Waals surface area contributed by atoms with Crippen molar-refractivity contribution in [2.75, 3.05) is 45.3 Å². The van der Waals surface area contributed by atoms with Crippen LogP contribution >= 0.6 is 0 Å². The Kier molecular flexibility index (Phi) is 4.86. The van der Waals surface area contributed by atoms with E-state index >= 15 is 0 Å². The van der Waals surface area contributed by atoms with Crippen molar-refractivity contribution in [3.05, 3.63) is 53.8 Å². The molecule has 0 bridgehead atoms. The van der Waals surface area contributed by atoms with Crippen LogP contribution in [0.2, 0.25) is 0 Å². The van der Waals surface area contributed by atoms with E-state index in [4.69, 9.17) is 13.9 Å². The molecule has 0 atom stereocenters. The van der Waals surface area contributed by atoms with E-state index in [0.29, 0.717) is 24.4 Å². The minimum Gasteiger partial charge on any atom is -0.497 e. The summed E-state index contributed by atoms with van der Waals surface area (Å²) in [6.45, 7) is 4.76. The second-order valence-corrected chi connectivity index (χ2v) is 6.90. The molecule has 0 radical (unpaired) electrons. The van der Waals surface area contributed by atoms with Crippen molar-refractivity contribution in [3.8, 4) is 11.5 Å². The van der Waals surface area contributed by atoms with Gasteiger partial charge in [0.15, 0.2) is 5.76 Å². The van der Waals surface area contributed by atoms with Gasteiger partial charge in [0, 0.05) is 48.9 Å². The lowest BCUT2D eigenvalue weighted by molar-refractivity contribution is 0.0716. The maximum atomic E-state index is 13.1. The fourth-order valence-corrected chi connectivity index (χ4v) is 3.65. The standard InChI is InChI=1S/C22H24N2O4/c1-15-19-14-18(27-3)7-8-20(19)28-21(15)22(25)24-11-9-23(10-12-24)16-5-4-6-17(13-16)26-2/h4-8,13-14H,9-12H2,1-3H3. The third-order valence-corrected chi connectivity index (χ3v) is 5.32. The smallest absolute Gasteiger partial charge is 0.290 e. The first-order valence-electron chi connectivity index (χ1n) is 9.36. The van der Waals surface area contributed by atoms with Crippen molar-refractivity contribution < 1.29 is 18.7 Å². The Hall–Kier alpha value is -3.15. The van der Waals surface area contributed by atoms with Gasteiger partial charge in [0.25, 0.3) is 5.91 Å². The van der Waals surface area contributed by atoms with Crippen LogP contribution in [0, 0.1) is 6.92 Å². The van der Waals surface area contributed by atoms with Crippen LogP contribution in [0.4, 0.5) is 5.69 Å². The minimum absolute atomic E-state index is 0.0574. The van der Waals surface area contributed by atoms with E-state index in [-0.39, 0.29) is 5.91 Å². The second-order valence-electron chi connectivity index (χ2n) is 6.90. The average Bonchev–Trinajstić information content (AvgIpc) is 3.09. The number of hydrogen-bond acceptors (Lipinski definition) is 5. The van der Waals surface area contributed by atoms with Gasteiger partial charge in [0.2, 0.25) is 0 Å². The van der Waals surface area contributed by atoms with Gasteiger partial charge in [0.1, 0.15) is 17.1 Å². The summed E-state index contributed by atoms with van der Waals surface area (Å²) < 4.78 is 16.5. The molecule has 6 heteroatoms. The van der Waals surface area contributed by atoms with Gasteiger partial charge in [0.05, 0.1) is 14.2 Å². The molecule has 0 N–H and O–H groups in total. The van der Waals surface area contributed by atoms with Crippen LogP contribution in [-0.2, 0) is 0 Å². The van der Waals surface area contributed by atoms with E-state index in [1.807, 2.05) is 48.2 Å². The number of amides is 1. The molecule has 6 nitrogen and oxygen atoms in total. The van der Waals surface area contributed by atoms with Crippen LogP contribution < -0.4 is 14.4 Å². The van der Waals surface area contributed by atoms with E-state index in [9.17, 15) is 4.79 Å². The summed E-state index contributed by atoms with van der Waals surface area (Å²) >= 11 is 0. The van der Waals surface area contributed by atoms with Gasteiger partial charge < -0.3 is 23.7 Å². The van der Waals surface area contributed by atoms with Gasteiger partial charge in [-0.1, -0.05) is 6.07 Å². The number of hydrogen-bond donors (Lipinski definition) is 0. The number of ether oxygens (including phenoxy) is 2. The number of nitrogens with zero attached hydrogens (tertiary/aromatic N) is 2. The Morgan fingerprint density at radius 1 is 0.964 bits per heavy atom. The number of fused-ring (bicyclic) bond motifs is 1. The molecule has 1 aliphatic heterocycles. The fraction of sp³-hybridized carbons (Fsp3) is 0.318. The predicted octanol–water partition coefficient (Wildman–Crippen LogP) is 3.72. The van der Waals surface area contributed by atoms with E-state index in [1.54, 1.807) is 14.2 Å². The van der Waals surface area contributed by atoms with Gasteiger partial charge in [-0.25, -0.2) is 0 Å². The van der Waals surface area contributed by atoms with E-state index in [1.165, 1.54) is 0 Å². The predicted molar refractivity (Wildman–Crippen MR) is 109 cm³/mol. The van der Waals surface area contributed by atoms with E-state index in [0.717, 1.165) is 41.2 Å². The Morgan fingerprint density at radius 3 is 2.39 bits per heavy atom. The molecule has 2 aromatic carbocycles. The van der Waals surface area contributed by atoms with Crippen molar-refractivity contribution >= 4 is 22.6 Å². The lowest BCUT2D eigenvalue weighted by atomic mass is 10.1. The number of rotatable bonds is 4. The van der Waals surface area contributed by atoms with Crippen molar-refractivity contribution in [1.82, 2.24) is 4.90 Å². The monoisotopic (exact) mass is 380 g/mol. The molecule has 2 heterocycles. The summed E-state index contributed by atoms with van der Waals surface area (Å²) in [6, 6.07) is 13.6. The molecular weight excluding hydrogens is 356 g/mol. The lowest BCUT2D eigenvalue weighted by Crippen LogP contribution is -2.48. The number of aryl methyl sites for hydroxylation is 1. The molecular formula is C22H24N2O4. The number of anilines is 1. The molecule has 0 spiro atoms. The molecule has 146 valence electrons. The fourth-order valence-electron chi connectivity index (χ4n) is 3.65. The first-order valence-corrected chi connectivity index (χ1v) is 9.36. The number of piperazine rings is 1. The van der Waals surface area contributed by atoms with Crippen LogP contribution in [0.5, 0.6) is 11.5 Å². The summed E-state index contributed by atoms with van der Waals surface area (Å²) in [5, 5.41) is 0.915. The van der Waals surface area contributed by atoms with Crippen molar-refractivity contribution in [2.24, 2.45) is 0 Å². The van der Waals surface area contributed by atoms with E-state index in [2.05, 4.69) is 11.0 Å². The van der Waals surface area contributed by atoms with Gasteiger partial charge in [-0.15, -0.1) is 0 Å². The van der Waals surface area contributed by atoms with Crippen LogP contribution in [-0.4, -0.2) is 51.2 Å². The molecule has 0 aliphatic carbocycles. The number of furan rings is 1. The summed E-state index contributed by atoms with van der Waals surface area (Å²) in [5.41, 5.74) is 2.67.